The Labute approximate surface area is 178 Å². The molecule has 1 aromatic heterocycles. The minimum Gasteiger partial charge on any atom is -0.481 e. The number of benzene rings is 3. The fourth-order valence-corrected chi connectivity index (χ4v) is 3.55. The molecule has 156 valence electrons. The molecule has 0 radical (unpaired) electrons. The van der Waals surface area contributed by atoms with Crippen LogP contribution in [0.15, 0.2) is 71.1 Å². The number of aryl methyl sites for hydroxylation is 1. The van der Waals surface area contributed by atoms with E-state index in [1.807, 2.05) is 42.5 Å². The summed E-state index contributed by atoms with van der Waals surface area (Å²) in [5.41, 5.74) is 4.34. The highest BCUT2D eigenvalue weighted by molar-refractivity contribution is 6.11. The van der Waals surface area contributed by atoms with Crippen LogP contribution in [-0.2, 0) is 11.2 Å². The quantitative estimate of drug-likeness (QED) is 0.447. The van der Waals surface area contributed by atoms with Crippen LogP contribution in [0.4, 0.5) is 4.39 Å². The molecular formula is C25H20FNO4. The molecule has 0 atom stereocenters. The van der Waals surface area contributed by atoms with Crippen molar-refractivity contribution in [2.45, 2.75) is 12.8 Å². The second-order valence-corrected chi connectivity index (χ2v) is 7.19. The molecule has 0 aliphatic heterocycles. The molecule has 2 N–H and O–H groups in total. The van der Waals surface area contributed by atoms with Gasteiger partial charge in [0.25, 0.3) is 5.91 Å². The molecule has 0 fully saturated rings. The van der Waals surface area contributed by atoms with Crippen LogP contribution in [0.25, 0.3) is 33.4 Å². The average Bonchev–Trinajstić information content (AvgIpc) is 3.16. The number of hydrogen-bond acceptors (Lipinski definition) is 3. The van der Waals surface area contributed by atoms with Crippen molar-refractivity contribution in [1.29, 1.82) is 0 Å². The van der Waals surface area contributed by atoms with Crippen LogP contribution in [-0.4, -0.2) is 24.0 Å². The van der Waals surface area contributed by atoms with Crippen molar-refractivity contribution in [2.75, 3.05) is 7.05 Å². The van der Waals surface area contributed by atoms with Crippen LogP contribution in [0, 0.1) is 5.82 Å². The van der Waals surface area contributed by atoms with E-state index < -0.39 is 5.97 Å². The molecule has 1 amide bonds. The topological polar surface area (TPSA) is 79.5 Å². The van der Waals surface area contributed by atoms with Crippen LogP contribution in [0.3, 0.4) is 0 Å². The summed E-state index contributed by atoms with van der Waals surface area (Å²) in [5, 5.41) is 12.1. The number of aliphatic carboxylic acids is 1. The van der Waals surface area contributed by atoms with Crippen LogP contribution >= 0.6 is 0 Å². The molecule has 0 spiro atoms. The van der Waals surface area contributed by atoms with Gasteiger partial charge >= 0.3 is 5.97 Å². The number of carboxylic acids is 1. The number of carboxylic acid groups (broad SMARTS) is 1. The summed E-state index contributed by atoms with van der Waals surface area (Å²) in [7, 11) is 1.55. The number of furan rings is 1. The van der Waals surface area contributed by atoms with Crippen LogP contribution in [0.5, 0.6) is 0 Å². The second-order valence-electron chi connectivity index (χ2n) is 7.19. The first-order chi connectivity index (χ1) is 15.0. The van der Waals surface area contributed by atoms with Gasteiger partial charge in [0.15, 0.2) is 0 Å². The molecule has 0 aliphatic rings. The summed E-state index contributed by atoms with van der Waals surface area (Å²) in [6, 6.07) is 19.1. The van der Waals surface area contributed by atoms with E-state index in [1.165, 1.54) is 12.1 Å². The van der Waals surface area contributed by atoms with E-state index in [4.69, 9.17) is 9.52 Å². The van der Waals surface area contributed by atoms with Gasteiger partial charge < -0.3 is 14.8 Å². The number of carbonyl (C=O) groups excluding carboxylic acids is 1. The molecule has 0 saturated carbocycles. The Hall–Kier alpha value is -3.93. The highest BCUT2D eigenvalue weighted by Crippen LogP contribution is 2.36. The average molecular weight is 417 g/mol. The maximum absolute atomic E-state index is 13.4. The summed E-state index contributed by atoms with van der Waals surface area (Å²) < 4.78 is 19.3. The zero-order valence-electron chi connectivity index (χ0n) is 16.8. The van der Waals surface area contributed by atoms with Gasteiger partial charge in [0, 0.05) is 24.4 Å². The van der Waals surface area contributed by atoms with Crippen LogP contribution in [0.2, 0.25) is 0 Å². The number of hydrogen-bond donors (Lipinski definition) is 2. The van der Waals surface area contributed by atoms with Gasteiger partial charge in [0.1, 0.15) is 17.2 Å². The minimum atomic E-state index is -0.826. The molecule has 0 aliphatic carbocycles. The van der Waals surface area contributed by atoms with Crippen molar-refractivity contribution < 1.29 is 23.5 Å². The van der Waals surface area contributed by atoms with Crippen LogP contribution in [0.1, 0.15) is 22.3 Å². The van der Waals surface area contributed by atoms with Gasteiger partial charge in [-0.2, -0.15) is 0 Å². The van der Waals surface area contributed by atoms with E-state index in [9.17, 15) is 14.0 Å². The Morgan fingerprint density at radius 2 is 1.58 bits per heavy atom. The molecule has 0 saturated heterocycles. The van der Waals surface area contributed by atoms with E-state index >= 15 is 0 Å². The van der Waals surface area contributed by atoms with E-state index in [2.05, 4.69) is 5.32 Å². The third-order valence-electron chi connectivity index (χ3n) is 5.16. The Balaban J connectivity index is 1.77. The highest BCUT2D eigenvalue weighted by Gasteiger charge is 2.22. The predicted molar refractivity (Wildman–Crippen MR) is 116 cm³/mol. The van der Waals surface area contributed by atoms with Gasteiger partial charge in [0.2, 0.25) is 0 Å². The van der Waals surface area contributed by atoms with E-state index in [-0.39, 0.29) is 18.1 Å². The Morgan fingerprint density at radius 1 is 0.935 bits per heavy atom. The SMILES string of the molecule is CNC(=O)c1c(-c2ccc(F)cc2)oc2ccc(-c3ccc(CCC(=O)O)cc3)cc12. The maximum atomic E-state index is 13.4. The third-order valence-corrected chi connectivity index (χ3v) is 5.16. The first kappa shape index (κ1) is 20.3. The van der Waals surface area contributed by atoms with E-state index in [0.29, 0.717) is 34.3 Å². The fourth-order valence-electron chi connectivity index (χ4n) is 3.55. The number of nitrogens with one attached hydrogen (secondary N) is 1. The molecule has 31 heavy (non-hydrogen) atoms. The summed E-state index contributed by atoms with van der Waals surface area (Å²) in [6.07, 6.45) is 0.556. The molecule has 3 aromatic carbocycles. The molecule has 5 nitrogen and oxygen atoms in total. The summed E-state index contributed by atoms with van der Waals surface area (Å²) in [5.74, 6) is -1.10. The number of halogens is 1. The highest BCUT2D eigenvalue weighted by atomic mass is 19.1. The molecule has 0 bridgehead atoms. The molecule has 4 aromatic rings. The number of amides is 1. The second kappa shape index (κ2) is 8.44. The van der Waals surface area contributed by atoms with Gasteiger partial charge in [0.05, 0.1) is 5.56 Å². The van der Waals surface area contributed by atoms with Crippen LogP contribution < -0.4 is 5.32 Å². The lowest BCUT2D eigenvalue weighted by atomic mass is 9.99. The van der Waals surface area contributed by atoms with Crippen molar-refractivity contribution >= 4 is 22.8 Å². The summed E-state index contributed by atoms with van der Waals surface area (Å²) in [6.45, 7) is 0. The van der Waals surface area contributed by atoms with Crippen molar-refractivity contribution in [2.24, 2.45) is 0 Å². The molecular weight excluding hydrogens is 397 g/mol. The summed E-state index contributed by atoms with van der Waals surface area (Å²) >= 11 is 0. The monoisotopic (exact) mass is 417 g/mol. The first-order valence-electron chi connectivity index (χ1n) is 9.82. The Kier molecular flexibility index (Phi) is 5.54. The smallest absolute Gasteiger partial charge is 0.303 e. The normalized spacial score (nSPS) is 10.9. The number of fused-ring (bicyclic) bond motifs is 1. The zero-order valence-corrected chi connectivity index (χ0v) is 16.8. The van der Waals surface area contributed by atoms with Gasteiger partial charge in [-0.3, -0.25) is 9.59 Å². The predicted octanol–water partition coefficient (Wildman–Crippen LogP) is 5.28. The van der Waals surface area contributed by atoms with Crippen molar-refractivity contribution in [3.8, 4) is 22.5 Å². The largest absolute Gasteiger partial charge is 0.481 e. The maximum Gasteiger partial charge on any atom is 0.303 e. The van der Waals surface area contributed by atoms with E-state index in [1.54, 1.807) is 19.2 Å². The van der Waals surface area contributed by atoms with Gasteiger partial charge in [-0.1, -0.05) is 30.3 Å². The minimum absolute atomic E-state index is 0.0853. The Bertz CT molecular complexity index is 1260. The first-order valence-corrected chi connectivity index (χ1v) is 9.82. The lowest BCUT2D eigenvalue weighted by molar-refractivity contribution is -0.136. The molecule has 4 rings (SSSR count). The van der Waals surface area contributed by atoms with Gasteiger partial charge in [-0.05, 0) is 59.5 Å². The standard InChI is InChI=1S/C25H20FNO4/c1-27-25(30)23-20-14-18(16-5-2-15(3-6-16)4-13-22(28)29)9-12-21(20)31-24(23)17-7-10-19(26)11-8-17/h2-3,5-12,14H,4,13H2,1H3,(H,27,30)(H,28,29). The summed E-state index contributed by atoms with van der Waals surface area (Å²) in [4.78, 5) is 23.4. The van der Waals surface area contributed by atoms with E-state index in [0.717, 1.165) is 16.7 Å². The molecule has 6 heteroatoms. The number of carbonyl (C=O) groups is 2. The van der Waals surface area contributed by atoms with Gasteiger partial charge in [-0.25, -0.2) is 4.39 Å². The third kappa shape index (κ3) is 4.19. The molecule has 0 unspecified atom stereocenters. The fraction of sp³-hybridized carbons (Fsp3) is 0.120. The molecule has 1 heterocycles. The van der Waals surface area contributed by atoms with Crippen molar-refractivity contribution in [1.82, 2.24) is 5.32 Å². The van der Waals surface area contributed by atoms with Crippen molar-refractivity contribution in [3.63, 3.8) is 0 Å². The lowest BCUT2D eigenvalue weighted by Gasteiger charge is -2.05. The van der Waals surface area contributed by atoms with Crippen molar-refractivity contribution in [3.05, 3.63) is 83.7 Å². The Morgan fingerprint density at radius 3 is 2.23 bits per heavy atom. The van der Waals surface area contributed by atoms with Gasteiger partial charge in [-0.15, -0.1) is 0 Å². The lowest BCUT2D eigenvalue weighted by Crippen LogP contribution is -2.18. The number of rotatable bonds is 6. The zero-order chi connectivity index (χ0) is 22.0.